The second-order valence-electron chi connectivity index (χ2n) is 14.7. The number of anilines is 10. The second-order valence-corrected chi connectivity index (χ2v) is 17.5. The maximum absolute atomic E-state index is 12.8. The standard InChI is InChI=1S/C42H44N12O8S2/c1-27-7-3-5-9-33(27)45-39-47-37(49-41(51-39)53-17-21-61-22-18-53)43-31-15-13-29(35(25-31)63(55,56)57)11-12-30-14-16-32(26-36(30)64(58,59)60)44-38-48-40(46-34-10-6-4-8-28(34)2)52-42(50-38)54-19-23-62-24-20-54/h3-16,25-26H,17-24H2,1-2H3,(H,55,56,57)(H,58,59,60)(H2,43,45,47,49,51)(H2,44,46,48,50,52). The van der Waals surface area contributed by atoms with Crippen molar-refractivity contribution in [2.75, 3.05) is 83.7 Å². The van der Waals surface area contributed by atoms with Crippen LogP contribution in [0, 0.1) is 13.8 Å². The van der Waals surface area contributed by atoms with E-state index >= 15 is 0 Å². The molecule has 4 aromatic carbocycles. The topological polar surface area (TPSA) is 259 Å². The fourth-order valence-electron chi connectivity index (χ4n) is 6.81. The number of aryl methyl sites for hydroxylation is 2. The molecule has 4 heterocycles. The fourth-order valence-corrected chi connectivity index (χ4v) is 8.23. The Hall–Kier alpha value is -6.82. The van der Waals surface area contributed by atoms with Gasteiger partial charge in [-0.05, 0) is 72.5 Å². The zero-order chi connectivity index (χ0) is 44.8. The average Bonchev–Trinajstić information content (AvgIpc) is 3.27. The van der Waals surface area contributed by atoms with Gasteiger partial charge in [-0.1, -0.05) is 60.7 Å². The summed E-state index contributed by atoms with van der Waals surface area (Å²) in [5, 5.41) is 12.5. The summed E-state index contributed by atoms with van der Waals surface area (Å²) in [5.74, 6) is 1.41. The summed E-state index contributed by atoms with van der Waals surface area (Å²) in [5.41, 5.74) is 3.93. The van der Waals surface area contributed by atoms with Gasteiger partial charge in [0, 0.05) is 48.9 Å². The van der Waals surface area contributed by atoms with E-state index in [9.17, 15) is 25.9 Å². The van der Waals surface area contributed by atoms with Crippen LogP contribution in [-0.4, -0.2) is 108 Å². The van der Waals surface area contributed by atoms with Gasteiger partial charge in [0.15, 0.2) is 0 Å². The summed E-state index contributed by atoms with van der Waals surface area (Å²) in [6.07, 6.45) is 2.61. The summed E-state index contributed by atoms with van der Waals surface area (Å²) in [7, 11) is -9.68. The first kappa shape index (κ1) is 43.8. The first-order valence-corrected chi connectivity index (χ1v) is 22.9. The average molecular weight is 909 g/mol. The van der Waals surface area contributed by atoms with Crippen molar-refractivity contribution in [2.24, 2.45) is 0 Å². The third-order valence-corrected chi connectivity index (χ3v) is 12.0. The number of rotatable bonds is 14. The second kappa shape index (κ2) is 18.9. The number of hydrogen-bond donors (Lipinski definition) is 6. The minimum atomic E-state index is -4.84. The lowest BCUT2D eigenvalue weighted by Crippen LogP contribution is -2.37. The Balaban J connectivity index is 1.07. The first-order valence-electron chi connectivity index (χ1n) is 20.0. The van der Waals surface area contributed by atoms with Gasteiger partial charge in [0.25, 0.3) is 20.2 Å². The van der Waals surface area contributed by atoms with Gasteiger partial charge in [0.1, 0.15) is 9.79 Å². The fraction of sp³-hybridized carbons (Fsp3) is 0.238. The summed E-state index contributed by atoms with van der Waals surface area (Å²) in [4.78, 5) is 30.4. The van der Waals surface area contributed by atoms with Crippen LogP contribution in [0.4, 0.5) is 58.4 Å². The monoisotopic (exact) mass is 908 g/mol. The maximum atomic E-state index is 12.8. The van der Waals surface area contributed by atoms with Crippen LogP contribution in [0.2, 0.25) is 0 Å². The number of benzene rings is 4. The van der Waals surface area contributed by atoms with E-state index in [-0.39, 0.29) is 46.3 Å². The van der Waals surface area contributed by atoms with Crippen molar-refractivity contribution in [1.29, 1.82) is 0 Å². The van der Waals surface area contributed by atoms with Crippen molar-refractivity contribution >= 4 is 90.8 Å². The number of ether oxygens (including phenoxy) is 2. The van der Waals surface area contributed by atoms with E-state index in [1.54, 1.807) is 12.1 Å². The molecular weight excluding hydrogens is 865 g/mol. The molecule has 6 aromatic rings. The highest BCUT2D eigenvalue weighted by Crippen LogP contribution is 2.30. The van der Waals surface area contributed by atoms with Crippen molar-refractivity contribution in [3.8, 4) is 0 Å². The molecule has 0 unspecified atom stereocenters. The number of hydrogen-bond acceptors (Lipinski definition) is 18. The summed E-state index contributed by atoms with van der Waals surface area (Å²) in [6.45, 7) is 8.00. The summed E-state index contributed by atoms with van der Waals surface area (Å²) < 4.78 is 82.8. The first-order chi connectivity index (χ1) is 30.7. The minimum Gasteiger partial charge on any atom is -0.378 e. The largest absolute Gasteiger partial charge is 0.378 e. The molecule has 0 atom stereocenters. The van der Waals surface area contributed by atoms with Gasteiger partial charge < -0.3 is 40.5 Å². The molecule has 0 aliphatic carbocycles. The highest BCUT2D eigenvalue weighted by atomic mass is 32.2. The molecule has 64 heavy (non-hydrogen) atoms. The molecular formula is C42H44N12O8S2. The summed E-state index contributed by atoms with van der Waals surface area (Å²) >= 11 is 0. The van der Waals surface area contributed by atoms with Crippen LogP contribution in [0.15, 0.2) is 94.7 Å². The van der Waals surface area contributed by atoms with Crippen molar-refractivity contribution < 1.29 is 35.4 Å². The van der Waals surface area contributed by atoms with Crippen LogP contribution in [0.1, 0.15) is 22.3 Å². The van der Waals surface area contributed by atoms with E-state index in [2.05, 4.69) is 51.2 Å². The molecule has 2 saturated heterocycles. The van der Waals surface area contributed by atoms with Crippen LogP contribution in [0.25, 0.3) is 12.2 Å². The van der Waals surface area contributed by atoms with Gasteiger partial charge in [-0.25, -0.2) is 0 Å². The zero-order valence-electron chi connectivity index (χ0n) is 34.6. The molecule has 20 nitrogen and oxygen atoms in total. The molecule has 0 radical (unpaired) electrons. The molecule has 2 fully saturated rings. The number of nitrogens with zero attached hydrogens (tertiary/aromatic N) is 8. The molecule has 2 aromatic heterocycles. The number of aromatic nitrogens is 6. The predicted octanol–water partition coefficient (Wildman–Crippen LogP) is 5.98. The van der Waals surface area contributed by atoms with E-state index in [4.69, 9.17) is 9.47 Å². The van der Waals surface area contributed by atoms with Gasteiger partial charge >= 0.3 is 0 Å². The predicted molar refractivity (Wildman–Crippen MR) is 243 cm³/mol. The lowest BCUT2D eigenvalue weighted by Gasteiger charge is -2.27. The smallest absolute Gasteiger partial charge is 0.295 e. The van der Waals surface area contributed by atoms with Gasteiger partial charge in [-0.2, -0.15) is 46.7 Å². The molecule has 6 N–H and O–H groups in total. The van der Waals surface area contributed by atoms with Crippen molar-refractivity contribution in [2.45, 2.75) is 23.6 Å². The Bertz CT molecular complexity index is 2730. The van der Waals surface area contributed by atoms with E-state index in [0.717, 1.165) is 22.5 Å². The Morgan fingerprint density at radius 2 is 0.875 bits per heavy atom. The SMILES string of the molecule is Cc1ccccc1Nc1nc(Nc2ccc(C=Cc3ccc(Nc4nc(Nc5ccccc5C)nc(N5CCOCC5)n4)cc3S(=O)(=O)O)c(S(=O)(=O)O)c2)nc(N2CCOCC2)n1. The van der Waals surface area contributed by atoms with Crippen LogP contribution in [-0.2, 0) is 29.7 Å². The van der Waals surface area contributed by atoms with Crippen LogP contribution < -0.4 is 31.1 Å². The third kappa shape index (κ3) is 10.9. The molecule has 332 valence electrons. The Labute approximate surface area is 369 Å². The lowest BCUT2D eigenvalue weighted by atomic mass is 10.1. The number of morpholine rings is 2. The van der Waals surface area contributed by atoms with Crippen molar-refractivity contribution in [3.05, 3.63) is 107 Å². The molecule has 0 saturated carbocycles. The molecule has 2 aliphatic heterocycles. The Morgan fingerprint density at radius 3 is 1.23 bits per heavy atom. The number of para-hydroxylation sites is 2. The summed E-state index contributed by atoms with van der Waals surface area (Å²) in [6, 6.07) is 23.5. The van der Waals surface area contributed by atoms with Gasteiger partial charge in [0.05, 0.1) is 26.4 Å². The molecule has 0 bridgehead atoms. The maximum Gasteiger partial charge on any atom is 0.295 e. The molecule has 22 heteroatoms. The van der Waals surface area contributed by atoms with Gasteiger partial charge in [0.2, 0.25) is 35.7 Å². The normalized spacial score (nSPS) is 14.7. The van der Waals surface area contributed by atoms with Crippen LogP contribution in [0.5, 0.6) is 0 Å². The lowest BCUT2D eigenvalue weighted by molar-refractivity contribution is 0.122. The number of nitrogens with one attached hydrogen (secondary N) is 4. The van der Waals surface area contributed by atoms with E-state index < -0.39 is 30.0 Å². The van der Waals surface area contributed by atoms with Crippen molar-refractivity contribution in [3.63, 3.8) is 0 Å². The molecule has 0 amide bonds. The zero-order valence-corrected chi connectivity index (χ0v) is 36.3. The van der Waals surface area contributed by atoms with E-state index in [1.165, 1.54) is 36.4 Å². The van der Waals surface area contributed by atoms with Gasteiger partial charge in [-0.3, -0.25) is 9.11 Å². The van der Waals surface area contributed by atoms with Crippen LogP contribution in [0.3, 0.4) is 0 Å². The Morgan fingerprint density at radius 1 is 0.516 bits per heavy atom. The minimum absolute atomic E-state index is 0.0117. The van der Waals surface area contributed by atoms with Gasteiger partial charge in [-0.15, -0.1) is 0 Å². The third-order valence-electron chi connectivity index (χ3n) is 10.2. The highest BCUT2D eigenvalue weighted by Gasteiger charge is 2.22. The van der Waals surface area contributed by atoms with Crippen LogP contribution >= 0.6 is 0 Å². The van der Waals surface area contributed by atoms with E-state index in [1.807, 2.05) is 72.2 Å². The van der Waals surface area contributed by atoms with Crippen molar-refractivity contribution in [1.82, 2.24) is 29.9 Å². The van der Waals surface area contributed by atoms with E-state index in [0.29, 0.717) is 64.5 Å². The molecule has 0 spiro atoms. The Kier molecular flexibility index (Phi) is 12.9. The molecule has 8 rings (SSSR count). The highest BCUT2D eigenvalue weighted by molar-refractivity contribution is 7.86. The molecule has 2 aliphatic rings. The quantitative estimate of drug-likeness (QED) is 0.0542.